The van der Waals surface area contributed by atoms with E-state index in [2.05, 4.69) is 52.2 Å². The molecule has 0 bridgehead atoms. The van der Waals surface area contributed by atoms with Crippen molar-refractivity contribution in [3.8, 4) is 5.75 Å². The largest absolute Gasteiger partial charge is 0.497 e. The van der Waals surface area contributed by atoms with Crippen LogP contribution in [0.15, 0.2) is 60.8 Å². The van der Waals surface area contributed by atoms with Crippen molar-refractivity contribution in [3.05, 3.63) is 71.9 Å². The number of hydrogen-bond donors (Lipinski definition) is 0. The van der Waals surface area contributed by atoms with Crippen LogP contribution in [-0.2, 0) is 21.4 Å². The lowest BCUT2D eigenvalue weighted by molar-refractivity contribution is -0.141. The maximum atomic E-state index is 14.3. The smallest absolute Gasteiger partial charge is 0.233 e. The van der Waals surface area contributed by atoms with Gasteiger partial charge in [-0.05, 0) is 67.6 Å². The van der Waals surface area contributed by atoms with Crippen molar-refractivity contribution in [3.63, 3.8) is 0 Å². The summed E-state index contributed by atoms with van der Waals surface area (Å²) in [6, 6.07) is 18.5. The third kappa shape index (κ3) is 5.04. The summed E-state index contributed by atoms with van der Waals surface area (Å²) in [7, 11) is 3.83. The van der Waals surface area contributed by atoms with Gasteiger partial charge in [-0.15, -0.1) is 0 Å². The van der Waals surface area contributed by atoms with Gasteiger partial charge in [-0.3, -0.25) is 9.78 Å². The zero-order chi connectivity index (χ0) is 24.3. The van der Waals surface area contributed by atoms with Gasteiger partial charge in [0.25, 0.3) is 0 Å². The van der Waals surface area contributed by atoms with E-state index >= 15 is 0 Å². The van der Waals surface area contributed by atoms with E-state index in [0.717, 1.165) is 49.4 Å². The van der Waals surface area contributed by atoms with E-state index in [-0.39, 0.29) is 5.91 Å². The summed E-state index contributed by atoms with van der Waals surface area (Å²) in [6.07, 6.45) is 4.33. The van der Waals surface area contributed by atoms with Crippen molar-refractivity contribution >= 4 is 16.8 Å². The Morgan fingerprint density at radius 1 is 1.09 bits per heavy atom. The van der Waals surface area contributed by atoms with Crippen LogP contribution in [0.3, 0.4) is 0 Å². The fourth-order valence-corrected chi connectivity index (χ4v) is 5.72. The van der Waals surface area contributed by atoms with Crippen molar-refractivity contribution < 1.29 is 14.3 Å². The van der Waals surface area contributed by atoms with Crippen LogP contribution < -0.4 is 4.74 Å². The Labute approximate surface area is 207 Å². The summed E-state index contributed by atoms with van der Waals surface area (Å²) in [5, 5.41) is 1.17. The van der Waals surface area contributed by atoms with Crippen molar-refractivity contribution in [1.82, 2.24) is 14.8 Å². The molecule has 2 aliphatic rings. The highest BCUT2D eigenvalue weighted by Crippen LogP contribution is 2.38. The Balaban J connectivity index is 1.39. The second-order valence-corrected chi connectivity index (χ2v) is 10.0. The summed E-state index contributed by atoms with van der Waals surface area (Å²) >= 11 is 0. The normalized spacial score (nSPS) is 21.0. The quantitative estimate of drug-likeness (QED) is 0.562. The molecule has 184 valence electrons. The van der Waals surface area contributed by atoms with Crippen LogP contribution in [0, 0.1) is 5.92 Å². The van der Waals surface area contributed by atoms with Gasteiger partial charge in [-0.2, -0.15) is 0 Å². The van der Waals surface area contributed by atoms with E-state index in [1.165, 1.54) is 10.9 Å². The molecule has 2 aliphatic heterocycles. The number of nitrogens with zero attached hydrogens (tertiary/aromatic N) is 3. The van der Waals surface area contributed by atoms with Gasteiger partial charge in [0.15, 0.2) is 0 Å². The number of carbonyl (C=O) groups is 1. The molecule has 2 aromatic carbocycles. The highest BCUT2D eigenvalue weighted by atomic mass is 16.5. The van der Waals surface area contributed by atoms with Gasteiger partial charge < -0.3 is 19.3 Å². The molecule has 1 amide bonds. The third-order valence-electron chi connectivity index (χ3n) is 7.66. The standard InChI is InChI=1S/C29H35N3O3/c1-31-13-14-32(21-23(20-31)17-22-18-24-5-3-4-6-27(24)30-19-22)28(33)29(11-15-35-16-12-29)25-7-9-26(34-2)10-8-25/h3-10,18-19,23H,11-17,20-21H2,1-2H3. The molecule has 1 atom stereocenters. The van der Waals surface area contributed by atoms with Crippen molar-refractivity contribution in [1.29, 1.82) is 0 Å². The molecule has 0 N–H and O–H groups in total. The predicted molar refractivity (Wildman–Crippen MR) is 138 cm³/mol. The molecule has 0 aliphatic carbocycles. The summed E-state index contributed by atoms with van der Waals surface area (Å²) in [5.41, 5.74) is 2.78. The van der Waals surface area contributed by atoms with Gasteiger partial charge in [-0.1, -0.05) is 30.3 Å². The van der Waals surface area contributed by atoms with Gasteiger partial charge >= 0.3 is 0 Å². The number of hydrogen-bond acceptors (Lipinski definition) is 5. The first-order chi connectivity index (χ1) is 17.1. The molecule has 0 saturated carbocycles. The van der Waals surface area contributed by atoms with E-state index in [1.54, 1.807) is 7.11 Å². The number of likely N-dealkylation sites (N-methyl/N-ethyl adjacent to an activating group) is 1. The Hall–Kier alpha value is -2.96. The van der Waals surface area contributed by atoms with Gasteiger partial charge in [0.1, 0.15) is 5.75 Å². The van der Waals surface area contributed by atoms with Crippen molar-refractivity contribution in [2.75, 3.05) is 53.6 Å². The third-order valence-corrected chi connectivity index (χ3v) is 7.66. The number of carbonyl (C=O) groups excluding carboxylic acids is 1. The summed E-state index contributed by atoms with van der Waals surface area (Å²) in [4.78, 5) is 23.4. The molecule has 1 unspecified atom stereocenters. The highest BCUT2D eigenvalue weighted by Gasteiger charge is 2.44. The second-order valence-electron chi connectivity index (χ2n) is 10.0. The van der Waals surface area contributed by atoms with Crippen LogP contribution in [0.25, 0.3) is 10.9 Å². The summed E-state index contributed by atoms with van der Waals surface area (Å²) in [6.45, 7) is 4.58. The Bertz CT molecular complexity index is 1160. The molecule has 0 spiro atoms. The molecule has 6 heteroatoms. The lowest BCUT2D eigenvalue weighted by Crippen LogP contribution is -2.51. The maximum Gasteiger partial charge on any atom is 0.233 e. The molecule has 2 saturated heterocycles. The first-order valence-corrected chi connectivity index (χ1v) is 12.6. The summed E-state index contributed by atoms with van der Waals surface area (Å²) in [5.74, 6) is 1.40. The van der Waals surface area contributed by atoms with Gasteiger partial charge in [0.2, 0.25) is 5.91 Å². The Morgan fingerprint density at radius 2 is 1.86 bits per heavy atom. The van der Waals surface area contributed by atoms with Crippen LogP contribution in [0.5, 0.6) is 5.75 Å². The SMILES string of the molecule is COc1ccc(C2(C(=O)N3CCN(C)CC(Cc4cnc5ccccc5c4)C3)CCOCC2)cc1. The van der Waals surface area contributed by atoms with E-state index < -0.39 is 5.41 Å². The summed E-state index contributed by atoms with van der Waals surface area (Å²) < 4.78 is 11.1. The van der Waals surface area contributed by atoms with Gasteiger partial charge in [-0.25, -0.2) is 0 Å². The predicted octanol–water partition coefficient (Wildman–Crippen LogP) is 3.92. The average molecular weight is 474 g/mol. The second kappa shape index (κ2) is 10.3. The number of benzene rings is 2. The fraction of sp³-hybridized carbons (Fsp3) is 0.448. The molecule has 6 nitrogen and oxygen atoms in total. The number of amides is 1. The average Bonchev–Trinajstić information content (AvgIpc) is 3.09. The topological polar surface area (TPSA) is 54.9 Å². The van der Waals surface area contributed by atoms with Crippen LogP contribution in [0.4, 0.5) is 0 Å². The lowest BCUT2D eigenvalue weighted by Gasteiger charge is -2.40. The zero-order valence-corrected chi connectivity index (χ0v) is 20.8. The number of pyridine rings is 1. The maximum absolute atomic E-state index is 14.3. The van der Waals surface area contributed by atoms with E-state index in [1.807, 2.05) is 30.5 Å². The molecule has 3 heterocycles. The molecule has 2 fully saturated rings. The molecular weight excluding hydrogens is 438 g/mol. The van der Waals surface area contributed by atoms with Gasteiger partial charge in [0, 0.05) is 51.0 Å². The minimum absolute atomic E-state index is 0.239. The first-order valence-electron chi connectivity index (χ1n) is 12.6. The van der Waals surface area contributed by atoms with Crippen LogP contribution >= 0.6 is 0 Å². The number of methoxy groups -OCH3 is 1. The van der Waals surface area contributed by atoms with Crippen LogP contribution in [0.1, 0.15) is 24.0 Å². The lowest BCUT2D eigenvalue weighted by atomic mass is 9.72. The monoisotopic (exact) mass is 473 g/mol. The fourth-order valence-electron chi connectivity index (χ4n) is 5.72. The Kier molecular flexibility index (Phi) is 7.02. The van der Waals surface area contributed by atoms with Gasteiger partial charge in [0.05, 0.1) is 18.0 Å². The van der Waals surface area contributed by atoms with Crippen LogP contribution in [-0.4, -0.2) is 74.2 Å². The number of rotatable bonds is 5. The number of ether oxygens (including phenoxy) is 2. The van der Waals surface area contributed by atoms with E-state index in [0.29, 0.717) is 32.0 Å². The number of fused-ring (bicyclic) bond motifs is 1. The number of para-hydroxylation sites is 1. The molecule has 5 rings (SSSR count). The van der Waals surface area contributed by atoms with Crippen molar-refractivity contribution in [2.45, 2.75) is 24.7 Å². The molecule has 1 aromatic heterocycles. The van der Waals surface area contributed by atoms with E-state index in [9.17, 15) is 4.79 Å². The number of aromatic nitrogens is 1. The highest BCUT2D eigenvalue weighted by molar-refractivity contribution is 5.88. The van der Waals surface area contributed by atoms with Crippen molar-refractivity contribution in [2.24, 2.45) is 5.92 Å². The van der Waals surface area contributed by atoms with E-state index in [4.69, 9.17) is 9.47 Å². The molecule has 0 radical (unpaired) electrons. The molecule has 35 heavy (non-hydrogen) atoms. The zero-order valence-electron chi connectivity index (χ0n) is 20.8. The minimum atomic E-state index is -0.539. The first kappa shape index (κ1) is 23.8. The minimum Gasteiger partial charge on any atom is -0.497 e. The van der Waals surface area contributed by atoms with Crippen LogP contribution in [0.2, 0.25) is 0 Å². The Morgan fingerprint density at radius 3 is 2.63 bits per heavy atom. The molecular formula is C29H35N3O3. The molecule has 3 aromatic rings.